The van der Waals surface area contributed by atoms with E-state index in [4.69, 9.17) is 9.84 Å². The lowest BCUT2D eigenvalue weighted by Gasteiger charge is -2.36. The molecular weight excluding hydrogens is 467 g/mol. The van der Waals surface area contributed by atoms with Gasteiger partial charge in [0, 0.05) is 41.2 Å². The summed E-state index contributed by atoms with van der Waals surface area (Å²) < 4.78 is 46.5. The summed E-state index contributed by atoms with van der Waals surface area (Å²) in [5.74, 6) is -0.642. The van der Waals surface area contributed by atoms with Crippen molar-refractivity contribution in [2.24, 2.45) is 5.92 Å². The number of pyridine rings is 1. The zero-order valence-corrected chi connectivity index (χ0v) is 18.6. The Morgan fingerprint density at radius 1 is 1.21 bits per heavy atom. The second-order valence-electron chi connectivity index (χ2n) is 8.24. The molecule has 1 fully saturated rings. The first-order valence-electron chi connectivity index (χ1n) is 10.6. The molecule has 34 heavy (non-hydrogen) atoms. The Morgan fingerprint density at radius 2 is 1.97 bits per heavy atom. The number of benzene rings is 1. The molecule has 1 saturated heterocycles. The van der Waals surface area contributed by atoms with Gasteiger partial charge in [0.15, 0.2) is 0 Å². The lowest BCUT2D eigenvalue weighted by Crippen LogP contribution is -2.49. The van der Waals surface area contributed by atoms with Gasteiger partial charge in [-0.3, -0.25) is 9.69 Å². The fourth-order valence-corrected chi connectivity index (χ4v) is 4.98. The molecule has 176 valence electrons. The second kappa shape index (κ2) is 8.77. The quantitative estimate of drug-likeness (QED) is 0.365. The molecule has 4 heterocycles. The number of aromatic amines is 1. The molecule has 0 saturated carbocycles. The van der Waals surface area contributed by atoms with Crippen LogP contribution in [0.1, 0.15) is 15.4 Å². The van der Waals surface area contributed by atoms with Crippen LogP contribution in [-0.4, -0.2) is 39.0 Å². The number of fused-ring (bicyclic) bond motifs is 1. The van der Waals surface area contributed by atoms with Crippen molar-refractivity contribution in [2.75, 3.05) is 13.1 Å². The molecule has 1 aliphatic rings. The van der Waals surface area contributed by atoms with E-state index in [2.05, 4.69) is 9.97 Å². The number of carboxylic acids is 1. The van der Waals surface area contributed by atoms with E-state index in [1.165, 1.54) is 12.3 Å². The first kappa shape index (κ1) is 22.4. The Morgan fingerprint density at radius 3 is 2.68 bits per heavy atom. The number of hydrogen-bond donors (Lipinski definition) is 2. The minimum Gasteiger partial charge on any atom is -0.486 e. The Balaban J connectivity index is 1.28. The first-order valence-corrected chi connectivity index (χ1v) is 11.4. The normalized spacial score (nSPS) is 14.9. The second-order valence-corrected chi connectivity index (χ2v) is 9.38. The van der Waals surface area contributed by atoms with Crippen LogP contribution in [0.4, 0.5) is 13.2 Å². The average molecular weight is 488 g/mol. The van der Waals surface area contributed by atoms with Crippen molar-refractivity contribution >= 4 is 28.3 Å². The molecule has 3 aromatic heterocycles. The van der Waals surface area contributed by atoms with E-state index in [0.717, 1.165) is 11.1 Å². The molecule has 0 radical (unpaired) electrons. The molecule has 0 amide bonds. The fourth-order valence-electron chi connectivity index (χ4n) is 4.02. The first-order chi connectivity index (χ1) is 16.3. The predicted molar refractivity (Wildman–Crippen MR) is 122 cm³/mol. The molecule has 1 aliphatic heterocycles. The van der Waals surface area contributed by atoms with Gasteiger partial charge in [-0.25, -0.2) is 4.98 Å². The number of alkyl halides is 3. The highest BCUT2D eigenvalue weighted by Crippen LogP contribution is 2.43. The lowest BCUT2D eigenvalue weighted by molar-refractivity contribution is -0.147. The number of aromatic nitrogens is 2. The highest BCUT2D eigenvalue weighted by Gasteiger charge is 2.36. The fraction of sp³-hybridized carbons (Fsp3) is 0.250. The Hall–Kier alpha value is -3.37. The van der Waals surface area contributed by atoms with Crippen LogP contribution < -0.4 is 4.74 Å². The number of nitrogens with one attached hydrogen (secondary N) is 1. The third kappa shape index (κ3) is 4.64. The largest absolute Gasteiger partial charge is 0.486 e. The van der Waals surface area contributed by atoms with E-state index < -0.39 is 17.0 Å². The predicted octanol–water partition coefficient (Wildman–Crippen LogP) is 5.41. The van der Waals surface area contributed by atoms with E-state index in [1.54, 1.807) is 36.4 Å². The van der Waals surface area contributed by atoms with Crippen molar-refractivity contribution in [3.05, 3.63) is 70.2 Å². The van der Waals surface area contributed by atoms with Gasteiger partial charge >= 0.3 is 12.1 Å². The van der Waals surface area contributed by atoms with E-state index in [-0.39, 0.29) is 18.1 Å². The summed E-state index contributed by atoms with van der Waals surface area (Å²) in [6.07, 6.45) is -2.92. The van der Waals surface area contributed by atoms with Crippen LogP contribution in [0.25, 0.3) is 22.2 Å². The van der Waals surface area contributed by atoms with Crippen LogP contribution in [0.3, 0.4) is 0 Å². The summed E-state index contributed by atoms with van der Waals surface area (Å²) in [6, 6.07) is 13.7. The molecule has 0 unspecified atom stereocenters. The van der Waals surface area contributed by atoms with Gasteiger partial charge < -0.3 is 14.8 Å². The van der Waals surface area contributed by atoms with Crippen LogP contribution in [0.2, 0.25) is 0 Å². The number of halogens is 3. The van der Waals surface area contributed by atoms with Crippen molar-refractivity contribution in [3.8, 4) is 16.9 Å². The summed E-state index contributed by atoms with van der Waals surface area (Å²) in [7, 11) is 0. The summed E-state index contributed by atoms with van der Waals surface area (Å²) in [5, 5.41) is 9.81. The number of rotatable bonds is 7. The molecule has 2 N–H and O–H groups in total. The van der Waals surface area contributed by atoms with Crippen molar-refractivity contribution in [2.45, 2.75) is 19.3 Å². The minimum atomic E-state index is -4.45. The third-order valence-electron chi connectivity index (χ3n) is 5.71. The molecule has 5 rings (SSSR count). The lowest BCUT2D eigenvalue weighted by atomic mass is 10.0. The van der Waals surface area contributed by atoms with E-state index >= 15 is 0 Å². The molecule has 0 atom stereocenters. The Bertz CT molecular complexity index is 1330. The van der Waals surface area contributed by atoms with Gasteiger partial charge in [0.05, 0.1) is 12.1 Å². The van der Waals surface area contributed by atoms with Gasteiger partial charge in [-0.1, -0.05) is 30.3 Å². The number of H-pyrrole nitrogens is 1. The molecule has 0 spiro atoms. The van der Waals surface area contributed by atoms with Gasteiger partial charge in [0.1, 0.15) is 22.9 Å². The van der Waals surface area contributed by atoms with Crippen LogP contribution >= 0.6 is 11.3 Å². The number of carboxylic acid groups (broad SMARTS) is 1. The maximum absolute atomic E-state index is 13.6. The smallest absolute Gasteiger partial charge is 0.426 e. The van der Waals surface area contributed by atoms with Crippen molar-refractivity contribution in [1.82, 2.24) is 14.9 Å². The van der Waals surface area contributed by atoms with E-state index in [9.17, 15) is 18.0 Å². The highest BCUT2D eigenvalue weighted by molar-refractivity contribution is 7.12. The standard InChI is InChI=1S/C24H20F3N3O3S/c25-24(26,27)21-20(14-4-2-1-3-5-14)8-19(34-21)13-33-18-7-15-6-17(29-22(15)28-9-18)12-30-10-16(11-30)23(31)32/h1-9,16H,10-13H2,(H,28,29)(H,31,32). The van der Waals surface area contributed by atoms with Gasteiger partial charge in [-0.2, -0.15) is 13.2 Å². The van der Waals surface area contributed by atoms with Gasteiger partial charge in [-0.15, -0.1) is 11.3 Å². The minimum absolute atomic E-state index is 0.00456. The van der Waals surface area contributed by atoms with Gasteiger partial charge in [0.25, 0.3) is 0 Å². The Kier molecular flexibility index (Phi) is 5.78. The number of ether oxygens (including phenoxy) is 1. The SMILES string of the molecule is O=C(O)C1CN(Cc2cc3cc(OCc4cc(-c5ccccc5)c(C(F)(F)F)s4)cnc3[nH]2)C1. The summed E-state index contributed by atoms with van der Waals surface area (Å²) in [6.45, 7) is 1.61. The number of hydrogen-bond acceptors (Lipinski definition) is 5. The number of thiophene rings is 1. The van der Waals surface area contributed by atoms with Gasteiger partial charge in [-0.05, 0) is 23.8 Å². The number of likely N-dealkylation sites (tertiary alicyclic amines) is 1. The molecule has 1 aromatic carbocycles. The number of nitrogens with zero attached hydrogens (tertiary/aromatic N) is 2. The van der Waals surface area contributed by atoms with Crippen molar-refractivity contribution < 1.29 is 27.8 Å². The molecule has 4 aromatic rings. The maximum atomic E-state index is 13.6. The molecule has 0 bridgehead atoms. The molecule has 10 heteroatoms. The van der Waals surface area contributed by atoms with Crippen LogP contribution in [0.5, 0.6) is 5.75 Å². The van der Waals surface area contributed by atoms with E-state index in [1.807, 2.05) is 11.0 Å². The summed E-state index contributed by atoms with van der Waals surface area (Å²) >= 11 is 0.682. The van der Waals surface area contributed by atoms with Crippen molar-refractivity contribution in [1.29, 1.82) is 0 Å². The zero-order valence-electron chi connectivity index (χ0n) is 17.8. The van der Waals surface area contributed by atoms with Crippen LogP contribution in [0.15, 0.2) is 54.7 Å². The van der Waals surface area contributed by atoms with Crippen LogP contribution in [-0.2, 0) is 24.1 Å². The molecule has 6 nitrogen and oxygen atoms in total. The van der Waals surface area contributed by atoms with E-state index in [0.29, 0.717) is 52.8 Å². The summed E-state index contributed by atoms with van der Waals surface area (Å²) in [5.41, 5.74) is 2.23. The Labute approximate surface area is 196 Å². The maximum Gasteiger partial charge on any atom is 0.426 e. The number of aliphatic carboxylic acids is 1. The van der Waals surface area contributed by atoms with Crippen LogP contribution in [0, 0.1) is 5.92 Å². The zero-order chi connectivity index (χ0) is 23.9. The third-order valence-corrected chi connectivity index (χ3v) is 6.86. The molecular formula is C24H20F3N3O3S. The average Bonchev–Trinajstić information content (AvgIpc) is 3.38. The number of carbonyl (C=O) groups is 1. The van der Waals surface area contributed by atoms with Crippen molar-refractivity contribution in [3.63, 3.8) is 0 Å². The highest BCUT2D eigenvalue weighted by atomic mass is 32.1. The summed E-state index contributed by atoms with van der Waals surface area (Å²) in [4.78, 5) is 20.4. The topological polar surface area (TPSA) is 78.4 Å². The van der Waals surface area contributed by atoms with Gasteiger partial charge in [0.2, 0.25) is 0 Å². The molecule has 0 aliphatic carbocycles. The monoisotopic (exact) mass is 487 g/mol.